The van der Waals surface area contributed by atoms with Crippen LogP contribution in [0.3, 0.4) is 0 Å². The number of carbonyl (C=O) groups is 2. The first kappa shape index (κ1) is 23.7. The van der Waals surface area contributed by atoms with Crippen molar-refractivity contribution < 1.29 is 14.5 Å². The van der Waals surface area contributed by atoms with E-state index < -0.39 is 16.9 Å². The van der Waals surface area contributed by atoms with Crippen LogP contribution in [-0.2, 0) is 17.9 Å². The molecule has 0 aliphatic heterocycles. The van der Waals surface area contributed by atoms with Crippen LogP contribution in [0, 0.1) is 10.1 Å². The van der Waals surface area contributed by atoms with Crippen LogP contribution in [0.15, 0.2) is 72.8 Å². The molecule has 0 radical (unpaired) electrons. The van der Waals surface area contributed by atoms with Crippen molar-refractivity contribution in [1.29, 1.82) is 0 Å². The molecule has 9 heteroatoms. The van der Waals surface area contributed by atoms with Crippen molar-refractivity contribution in [3.63, 3.8) is 0 Å². The van der Waals surface area contributed by atoms with Crippen LogP contribution in [0.5, 0.6) is 0 Å². The topological polar surface area (TPSA) is 113 Å². The fourth-order valence-electron chi connectivity index (χ4n) is 3.09. The predicted octanol–water partition coefficient (Wildman–Crippen LogP) is 4.30. The molecule has 0 heterocycles. The van der Waals surface area contributed by atoms with Gasteiger partial charge in [-0.1, -0.05) is 60.1 Å². The monoisotopic (exact) mass is 466 g/mol. The van der Waals surface area contributed by atoms with Crippen molar-refractivity contribution in [3.05, 3.63) is 105 Å². The first-order valence-electron chi connectivity index (χ1n) is 10.2. The molecule has 0 aromatic heterocycles. The maximum atomic E-state index is 12.6. The average Bonchev–Trinajstić information content (AvgIpc) is 2.82. The maximum absolute atomic E-state index is 12.6. The van der Waals surface area contributed by atoms with E-state index in [-0.39, 0.29) is 29.4 Å². The fraction of sp³-hybridized carbons (Fsp3) is 0.167. The van der Waals surface area contributed by atoms with Crippen LogP contribution >= 0.6 is 11.6 Å². The lowest BCUT2D eigenvalue weighted by molar-refractivity contribution is -0.384. The number of nitro benzene ring substituents is 1. The van der Waals surface area contributed by atoms with E-state index in [1.165, 1.54) is 18.2 Å². The number of nitrogens with zero attached hydrogens (tertiary/aromatic N) is 1. The largest absolute Gasteiger partial charge is 0.375 e. The first-order valence-corrected chi connectivity index (χ1v) is 10.6. The Balaban J connectivity index is 1.63. The smallest absolute Gasteiger partial charge is 0.293 e. The lowest BCUT2D eigenvalue weighted by atomic mass is 10.1. The molecular weight excluding hydrogens is 444 g/mol. The molecule has 2 amide bonds. The van der Waals surface area contributed by atoms with Crippen molar-refractivity contribution in [2.24, 2.45) is 0 Å². The predicted molar refractivity (Wildman–Crippen MR) is 127 cm³/mol. The molecule has 0 fully saturated rings. The highest BCUT2D eigenvalue weighted by atomic mass is 35.5. The van der Waals surface area contributed by atoms with Crippen molar-refractivity contribution in [2.45, 2.75) is 26.1 Å². The van der Waals surface area contributed by atoms with E-state index in [1.54, 1.807) is 19.1 Å². The Morgan fingerprint density at radius 1 is 1.00 bits per heavy atom. The molecular formula is C24H23ClN4O4. The minimum Gasteiger partial charge on any atom is -0.375 e. The zero-order chi connectivity index (χ0) is 23.8. The summed E-state index contributed by atoms with van der Waals surface area (Å²) in [5.74, 6) is -0.946. The molecule has 0 aliphatic rings. The van der Waals surface area contributed by atoms with Gasteiger partial charge in [-0.25, -0.2) is 0 Å². The first-order chi connectivity index (χ1) is 15.8. The summed E-state index contributed by atoms with van der Waals surface area (Å²) < 4.78 is 0. The highest BCUT2D eigenvalue weighted by molar-refractivity contribution is 6.31. The molecule has 3 rings (SSSR count). The van der Waals surface area contributed by atoms with Gasteiger partial charge in [-0.3, -0.25) is 19.7 Å². The Kier molecular flexibility index (Phi) is 7.99. The standard InChI is InChI=1S/C24H23ClN4O4/c1-16(23(30)27-14-17-7-3-2-4-8-17)28-24(31)18-11-12-21(22(13-18)29(32)33)26-15-19-9-5-6-10-20(19)25/h2-13,16,26H,14-15H2,1H3,(H,27,30)(H,28,31). The van der Waals surface area contributed by atoms with Gasteiger partial charge in [-0.2, -0.15) is 0 Å². The van der Waals surface area contributed by atoms with E-state index in [1.807, 2.05) is 42.5 Å². The van der Waals surface area contributed by atoms with E-state index in [0.29, 0.717) is 11.6 Å². The summed E-state index contributed by atoms with van der Waals surface area (Å²) >= 11 is 6.13. The van der Waals surface area contributed by atoms with Gasteiger partial charge in [0.1, 0.15) is 11.7 Å². The molecule has 0 spiro atoms. The van der Waals surface area contributed by atoms with Crippen molar-refractivity contribution in [2.75, 3.05) is 5.32 Å². The Labute approximate surface area is 196 Å². The Morgan fingerprint density at radius 2 is 1.70 bits per heavy atom. The highest BCUT2D eigenvalue weighted by Crippen LogP contribution is 2.27. The number of halogens is 1. The lowest BCUT2D eigenvalue weighted by Crippen LogP contribution is -2.44. The van der Waals surface area contributed by atoms with E-state index in [4.69, 9.17) is 11.6 Å². The Bertz CT molecular complexity index is 1150. The molecule has 3 aromatic carbocycles. The molecule has 0 bridgehead atoms. The number of hydrogen-bond donors (Lipinski definition) is 3. The number of anilines is 1. The van der Waals surface area contributed by atoms with Gasteiger partial charge < -0.3 is 16.0 Å². The molecule has 0 saturated heterocycles. The molecule has 1 atom stereocenters. The second-order valence-electron chi connectivity index (χ2n) is 7.33. The van der Waals surface area contributed by atoms with Crippen LogP contribution in [-0.4, -0.2) is 22.8 Å². The van der Waals surface area contributed by atoms with E-state index in [2.05, 4.69) is 16.0 Å². The lowest BCUT2D eigenvalue weighted by Gasteiger charge is -2.15. The number of nitro groups is 1. The number of rotatable bonds is 9. The van der Waals surface area contributed by atoms with Crippen LogP contribution in [0.2, 0.25) is 5.02 Å². The summed E-state index contributed by atoms with van der Waals surface area (Å²) in [4.78, 5) is 35.9. The van der Waals surface area contributed by atoms with Gasteiger partial charge in [0.15, 0.2) is 0 Å². The average molecular weight is 467 g/mol. The van der Waals surface area contributed by atoms with Gasteiger partial charge in [-0.05, 0) is 36.2 Å². The summed E-state index contributed by atoms with van der Waals surface area (Å²) in [6.45, 7) is 2.16. The van der Waals surface area contributed by atoms with Gasteiger partial charge >= 0.3 is 0 Å². The van der Waals surface area contributed by atoms with Gasteiger partial charge in [0.25, 0.3) is 11.6 Å². The van der Waals surface area contributed by atoms with Crippen LogP contribution in [0.25, 0.3) is 0 Å². The second kappa shape index (κ2) is 11.1. The number of carbonyl (C=O) groups excluding carboxylic acids is 2. The van der Waals surface area contributed by atoms with Gasteiger partial charge in [0.05, 0.1) is 4.92 Å². The summed E-state index contributed by atoms with van der Waals surface area (Å²) in [6.07, 6.45) is 0. The van der Waals surface area contributed by atoms with Gasteiger partial charge in [-0.15, -0.1) is 0 Å². The van der Waals surface area contributed by atoms with Crippen molar-refractivity contribution in [1.82, 2.24) is 10.6 Å². The minimum atomic E-state index is -0.821. The van der Waals surface area contributed by atoms with Crippen molar-refractivity contribution in [3.8, 4) is 0 Å². The highest BCUT2D eigenvalue weighted by Gasteiger charge is 2.21. The van der Waals surface area contributed by atoms with Crippen LogP contribution < -0.4 is 16.0 Å². The molecule has 3 aromatic rings. The number of hydrogen-bond acceptors (Lipinski definition) is 5. The zero-order valence-corrected chi connectivity index (χ0v) is 18.6. The summed E-state index contributed by atoms with van der Waals surface area (Å²) in [7, 11) is 0. The zero-order valence-electron chi connectivity index (χ0n) is 17.9. The fourth-order valence-corrected chi connectivity index (χ4v) is 3.29. The van der Waals surface area contributed by atoms with Gasteiger partial charge in [0, 0.05) is 29.7 Å². The third-order valence-electron chi connectivity index (χ3n) is 4.93. The van der Waals surface area contributed by atoms with E-state index in [9.17, 15) is 19.7 Å². The minimum absolute atomic E-state index is 0.0766. The van der Waals surface area contributed by atoms with Crippen LogP contribution in [0.4, 0.5) is 11.4 Å². The third-order valence-corrected chi connectivity index (χ3v) is 5.30. The third kappa shape index (κ3) is 6.54. The molecule has 170 valence electrons. The SMILES string of the molecule is CC(NC(=O)c1ccc(NCc2ccccc2Cl)c([N+](=O)[O-])c1)C(=O)NCc1ccccc1. The van der Waals surface area contributed by atoms with Gasteiger partial charge in [0.2, 0.25) is 5.91 Å². The summed E-state index contributed by atoms with van der Waals surface area (Å²) in [5.41, 5.74) is 1.79. The normalized spacial score (nSPS) is 11.3. The summed E-state index contributed by atoms with van der Waals surface area (Å²) in [5, 5.41) is 20.4. The second-order valence-corrected chi connectivity index (χ2v) is 7.74. The molecule has 3 N–H and O–H groups in total. The molecule has 33 heavy (non-hydrogen) atoms. The van der Waals surface area contributed by atoms with Crippen LogP contribution in [0.1, 0.15) is 28.4 Å². The Morgan fingerprint density at radius 3 is 2.39 bits per heavy atom. The molecule has 0 aliphatic carbocycles. The van der Waals surface area contributed by atoms with Crippen molar-refractivity contribution >= 4 is 34.8 Å². The maximum Gasteiger partial charge on any atom is 0.293 e. The number of nitrogens with one attached hydrogen (secondary N) is 3. The summed E-state index contributed by atoms with van der Waals surface area (Å²) in [6, 6.07) is 19.8. The van der Waals surface area contributed by atoms with E-state index >= 15 is 0 Å². The Hall–Kier alpha value is -3.91. The number of amides is 2. The molecule has 1 unspecified atom stereocenters. The molecule has 0 saturated carbocycles. The molecule has 8 nitrogen and oxygen atoms in total. The quantitative estimate of drug-likeness (QED) is 0.321. The van der Waals surface area contributed by atoms with E-state index in [0.717, 1.165) is 11.1 Å². The number of benzene rings is 3.